The molecule has 0 radical (unpaired) electrons. The zero-order valence-electron chi connectivity index (χ0n) is 15.3. The van der Waals surface area contributed by atoms with E-state index in [0.717, 1.165) is 17.7 Å². The van der Waals surface area contributed by atoms with Crippen molar-refractivity contribution in [3.8, 4) is 0 Å². The molecule has 140 valence electrons. The van der Waals surface area contributed by atoms with Gasteiger partial charge >= 0.3 is 0 Å². The second kappa shape index (κ2) is 7.20. The quantitative estimate of drug-likeness (QED) is 0.799. The van der Waals surface area contributed by atoms with Crippen molar-refractivity contribution < 1.29 is 13.2 Å². The molecule has 1 aliphatic heterocycles. The third-order valence-corrected chi connectivity index (χ3v) is 6.13. The van der Waals surface area contributed by atoms with E-state index in [4.69, 9.17) is 0 Å². The number of amides is 1. The Kier molecular flexibility index (Phi) is 5.15. The topological polar surface area (TPSA) is 75.5 Å². The van der Waals surface area contributed by atoms with Crippen molar-refractivity contribution >= 4 is 15.7 Å². The van der Waals surface area contributed by atoms with Crippen LogP contribution in [0.1, 0.15) is 27.5 Å². The molecular formula is C18H24N4O3S. The van der Waals surface area contributed by atoms with Gasteiger partial charge in [0, 0.05) is 37.5 Å². The standard InChI is InChI=1S/C18H24N4O3S/c1-20(2)11-14-4-6-15(7-5-14)18(23)22-8-9-26(24,25)13-17(22)16-10-19-21(3)12-16/h4-7,10,12,17H,8-9,11,13H2,1-3H3. The lowest BCUT2D eigenvalue weighted by atomic mass is 10.1. The zero-order valence-corrected chi connectivity index (χ0v) is 16.1. The SMILES string of the molecule is CN(C)Cc1ccc(C(=O)N2CCS(=O)(=O)CC2c2cnn(C)c2)cc1. The van der Waals surface area contributed by atoms with E-state index < -0.39 is 15.9 Å². The van der Waals surface area contributed by atoms with Gasteiger partial charge in [0.1, 0.15) is 0 Å². The van der Waals surface area contributed by atoms with Gasteiger partial charge in [-0.1, -0.05) is 12.1 Å². The molecule has 1 amide bonds. The average Bonchev–Trinajstić information content (AvgIpc) is 3.00. The Bertz CT molecular complexity index is 887. The highest BCUT2D eigenvalue weighted by Gasteiger charge is 2.36. The van der Waals surface area contributed by atoms with Crippen LogP contribution in [0.15, 0.2) is 36.7 Å². The molecule has 1 unspecified atom stereocenters. The Hall–Kier alpha value is -2.19. The summed E-state index contributed by atoms with van der Waals surface area (Å²) < 4.78 is 25.9. The predicted octanol–water partition coefficient (Wildman–Crippen LogP) is 1.09. The molecular weight excluding hydrogens is 352 g/mol. The molecule has 26 heavy (non-hydrogen) atoms. The second-order valence-electron chi connectivity index (χ2n) is 7.01. The maximum Gasteiger partial charge on any atom is 0.254 e. The molecule has 1 aliphatic rings. The number of benzene rings is 1. The monoisotopic (exact) mass is 376 g/mol. The molecule has 0 N–H and O–H groups in total. The molecule has 0 bridgehead atoms. The molecule has 8 heteroatoms. The van der Waals surface area contributed by atoms with Crippen molar-refractivity contribution in [3.05, 3.63) is 53.3 Å². The summed E-state index contributed by atoms with van der Waals surface area (Å²) in [4.78, 5) is 16.7. The summed E-state index contributed by atoms with van der Waals surface area (Å²) >= 11 is 0. The minimum Gasteiger partial charge on any atom is -0.329 e. The van der Waals surface area contributed by atoms with E-state index in [0.29, 0.717) is 5.56 Å². The van der Waals surface area contributed by atoms with Crippen molar-refractivity contribution in [2.75, 3.05) is 32.1 Å². The minimum atomic E-state index is -3.18. The van der Waals surface area contributed by atoms with Crippen LogP contribution in [0.4, 0.5) is 0 Å². The first-order valence-corrected chi connectivity index (χ1v) is 10.3. The fourth-order valence-corrected chi connectivity index (χ4v) is 4.72. The Morgan fingerprint density at radius 2 is 1.96 bits per heavy atom. The largest absolute Gasteiger partial charge is 0.329 e. The normalized spacial score (nSPS) is 19.7. The second-order valence-corrected chi connectivity index (χ2v) is 9.24. The van der Waals surface area contributed by atoms with Gasteiger partial charge in [0.05, 0.1) is 23.7 Å². The summed E-state index contributed by atoms with van der Waals surface area (Å²) in [5, 5.41) is 4.12. The molecule has 1 aromatic heterocycles. The van der Waals surface area contributed by atoms with Gasteiger partial charge in [0.25, 0.3) is 5.91 Å². The number of carbonyl (C=O) groups excluding carboxylic acids is 1. The van der Waals surface area contributed by atoms with E-state index in [1.165, 1.54) is 0 Å². The molecule has 2 aromatic rings. The lowest BCUT2D eigenvalue weighted by molar-refractivity contribution is 0.0697. The highest BCUT2D eigenvalue weighted by Crippen LogP contribution is 2.28. The molecule has 1 fully saturated rings. The van der Waals surface area contributed by atoms with Crippen LogP contribution in [0.3, 0.4) is 0 Å². The number of sulfone groups is 1. The average molecular weight is 376 g/mol. The third-order valence-electron chi connectivity index (χ3n) is 4.50. The van der Waals surface area contributed by atoms with Crippen molar-refractivity contribution in [3.63, 3.8) is 0 Å². The molecule has 7 nitrogen and oxygen atoms in total. The van der Waals surface area contributed by atoms with Crippen LogP contribution >= 0.6 is 0 Å². The van der Waals surface area contributed by atoms with Crippen LogP contribution in [0, 0.1) is 0 Å². The van der Waals surface area contributed by atoms with Crippen molar-refractivity contribution in [2.24, 2.45) is 7.05 Å². The van der Waals surface area contributed by atoms with E-state index in [1.807, 2.05) is 38.4 Å². The van der Waals surface area contributed by atoms with E-state index in [1.54, 1.807) is 29.0 Å². The Morgan fingerprint density at radius 3 is 2.54 bits per heavy atom. The first kappa shape index (κ1) is 18.6. The number of carbonyl (C=O) groups is 1. The van der Waals surface area contributed by atoms with Gasteiger partial charge in [-0.2, -0.15) is 5.10 Å². The summed E-state index contributed by atoms with van der Waals surface area (Å²) in [5.41, 5.74) is 2.44. The summed E-state index contributed by atoms with van der Waals surface area (Å²) in [5.74, 6) is -0.220. The Labute approximate surface area is 154 Å². The van der Waals surface area contributed by atoms with E-state index in [-0.39, 0.29) is 24.0 Å². The molecule has 1 atom stereocenters. The molecule has 0 aliphatic carbocycles. The van der Waals surface area contributed by atoms with Gasteiger partial charge in [-0.3, -0.25) is 9.48 Å². The lowest BCUT2D eigenvalue weighted by Crippen LogP contribution is -2.46. The van der Waals surface area contributed by atoms with Crippen molar-refractivity contribution in [1.29, 1.82) is 0 Å². The van der Waals surface area contributed by atoms with E-state index in [9.17, 15) is 13.2 Å². The molecule has 2 heterocycles. The fourth-order valence-electron chi connectivity index (χ4n) is 3.22. The highest BCUT2D eigenvalue weighted by molar-refractivity contribution is 7.91. The highest BCUT2D eigenvalue weighted by atomic mass is 32.2. The van der Waals surface area contributed by atoms with Crippen molar-refractivity contribution in [2.45, 2.75) is 12.6 Å². The van der Waals surface area contributed by atoms with Gasteiger partial charge < -0.3 is 9.80 Å². The molecule has 1 aromatic carbocycles. The first-order valence-electron chi connectivity index (χ1n) is 8.49. The minimum absolute atomic E-state index is 0.00574. The van der Waals surface area contributed by atoms with Crippen LogP contribution in [-0.2, 0) is 23.4 Å². The summed E-state index contributed by atoms with van der Waals surface area (Å²) in [6, 6.07) is 6.99. The summed E-state index contributed by atoms with van der Waals surface area (Å²) in [7, 11) is 2.58. The smallest absolute Gasteiger partial charge is 0.254 e. The van der Waals surface area contributed by atoms with Crippen LogP contribution in [-0.4, -0.2) is 66.1 Å². The first-order chi connectivity index (χ1) is 12.2. The van der Waals surface area contributed by atoms with Gasteiger partial charge in [-0.15, -0.1) is 0 Å². The predicted molar refractivity (Wildman–Crippen MR) is 99.5 cm³/mol. The fraction of sp³-hybridized carbons (Fsp3) is 0.444. The molecule has 3 rings (SSSR count). The van der Waals surface area contributed by atoms with Crippen molar-refractivity contribution in [1.82, 2.24) is 19.6 Å². The maximum atomic E-state index is 13.0. The number of rotatable bonds is 4. The van der Waals surface area contributed by atoms with E-state index >= 15 is 0 Å². The van der Waals surface area contributed by atoms with Crippen LogP contribution in [0.2, 0.25) is 0 Å². The number of hydrogen-bond donors (Lipinski definition) is 0. The van der Waals surface area contributed by atoms with Crippen LogP contribution in [0.25, 0.3) is 0 Å². The summed E-state index contributed by atoms with van der Waals surface area (Å²) in [6.07, 6.45) is 3.40. The Morgan fingerprint density at radius 1 is 1.27 bits per heavy atom. The Balaban J connectivity index is 1.86. The number of aryl methyl sites for hydroxylation is 1. The van der Waals surface area contributed by atoms with Crippen LogP contribution < -0.4 is 0 Å². The van der Waals surface area contributed by atoms with Gasteiger partial charge in [-0.25, -0.2) is 8.42 Å². The van der Waals surface area contributed by atoms with E-state index in [2.05, 4.69) is 10.00 Å². The maximum absolute atomic E-state index is 13.0. The molecule has 0 saturated carbocycles. The molecule has 1 saturated heterocycles. The van der Waals surface area contributed by atoms with Gasteiger partial charge in [0.2, 0.25) is 0 Å². The summed E-state index contributed by atoms with van der Waals surface area (Å²) in [6.45, 7) is 0.995. The van der Waals surface area contributed by atoms with Gasteiger partial charge in [0.15, 0.2) is 9.84 Å². The third kappa shape index (κ3) is 4.13. The zero-order chi connectivity index (χ0) is 18.9. The molecule has 0 spiro atoms. The number of nitrogens with zero attached hydrogens (tertiary/aromatic N) is 4. The number of aromatic nitrogens is 2. The number of hydrogen-bond acceptors (Lipinski definition) is 5. The lowest BCUT2D eigenvalue weighted by Gasteiger charge is -2.35. The van der Waals surface area contributed by atoms with Crippen LogP contribution in [0.5, 0.6) is 0 Å². The van der Waals surface area contributed by atoms with Gasteiger partial charge in [-0.05, 0) is 31.8 Å².